The highest BCUT2D eigenvalue weighted by Gasteiger charge is 2.56. The summed E-state index contributed by atoms with van der Waals surface area (Å²) in [5.74, 6) is 0.583. The van der Waals surface area contributed by atoms with Crippen LogP contribution in [0.1, 0.15) is 77.0 Å². The van der Waals surface area contributed by atoms with Crippen LogP contribution >= 0.6 is 0 Å². The molecule has 1 heteroatoms. The smallest absolute Gasteiger partial charge is 0.0613 e. The van der Waals surface area contributed by atoms with E-state index in [0.717, 1.165) is 12.8 Å². The van der Waals surface area contributed by atoms with E-state index >= 15 is 0 Å². The fourth-order valence-electron chi connectivity index (χ4n) is 5.31. The Bertz CT molecular complexity index is 796. The molecule has 2 atom stereocenters. The average Bonchev–Trinajstić information content (AvgIpc) is 3.32. The van der Waals surface area contributed by atoms with Gasteiger partial charge in [0.2, 0.25) is 0 Å². The molecule has 1 saturated carbocycles. The van der Waals surface area contributed by atoms with Crippen molar-refractivity contribution in [1.29, 1.82) is 0 Å². The summed E-state index contributed by atoms with van der Waals surface area (Å²) in [5.41, 5.74) is 7.86. The lowest BCUT2D eigenvalue weighted by Gasteiger charge is -2.52. The van der Waals surface area contributed by atoms with E-state index in [-0.39, 0.29) is 5.41 Å². The highest BCUT2D eigenvalue weighted by atomic mass is 15.3. The van der Waals surface area contributed by atoms with Crippen molar-refractivity contribution in [2.75, 3.05) is 0 Å². The molecule has 1 nitrogen and oxygen atoms in total. The molecule has 0 aromatic heterocycles. The van der Waals surface area contributed by atoms with Gasteiger partial charge in [0.05, 0.1) is 6.04 Å². The summed E-state index contributed by atoms with van der Waals surface area (Å²) >= 11 is 0. The molecule has 2 fully saturated rings. The van der Waals surface area contributed by atoms with E-state index < -0.39 is 0 Å². The quantitative estimate of drug-likeness (QED) is 0.554. The Balaban J connectivity index is 1.78. The molecule has 0 N–H and O–H groups in total. The maximum absolute atomic E-state index is 4.64. The van der Waals surface area contributed by atoms with Crippen LogP contribution in [0.25, 0.3) is 0 Å². The fraction of sp³-hybridized carbons (Fsp3) is 0.538. The van der Waals surface area contributed by atoms with Crippen LogP contribution in [-0.4, -0.2) is 10.4 Å². The van der Waals surface area contributed by atoms with Gasteiger partial charge in [-0.25, -0.2) is 0 Å². The minimum Gasteiger partial charge on any atom is -0.362 e. The third-order valence-corrected chi connectivity index (χ3v) is 6.61. The van der Waals surface area contributed by atoms with Crippen molar-refractivity contribution in [3.05, 3.63) is 71.0 Å². The van der Waals surface area contributed by atoms with Gasteiger partial charge in [-0.1, -0.05) is 80.5 Å². The molecule has 4 rings (SSSR count). The second kappa shape index (κ2) is 6.40. The number of likely N-dealkylation sites (tertiary alicyclic amines) is 1. The lowest BCUT2D eigenvalue weighted by molar-refractivity contribution is 0.0814. The first-order chi connectivity index (χ1) is 12.7. The molecule has 0 radical (unpaired) electrons. The van der Waals surface area contributed by atoms with E-state index in [2.05, 4.69) is 82.5 Å². The predicted molar refractivity (Wildman–Crippen MR) is 116 cm³/mol. The molecular weight excluding hydrogens is 326 g/mol. The molecule has 1 aromatic carbocycles. The second-order valence-electron chi connectivity index (χ2n) is 10.4. The third-order valence-electron chi connectivity index (χ3n) is 6.61. The number of hydrogen-bond donors (Lipinski definition) is 0. The predicted octanol–water partition coefficient (Wildman–Crippen LogP) is 7.12. The molecule has 0 amide bonds. The molecule has 3 aliphatic rings. The van der Waals surface area contributed by atoms with Crippen LogP contribution in [-0.2, 0) is 0 Å². The van der Waals surface area contributed by atoms with Gasteiger partial charge in [-0.3, -0.25) is 0 Å². The maximum Gasteiger partial charge on any atom is 0.0613 e. The summed E-state index contributed by atoms with van der Waals surface area (Å²) < 4.78 is 0. The second-order valence-corrected chi connectivity index (χ2v) is 10.4. The van der Waals surface area contributed by atoms with Crippen molar-refractivity contribution in [2.45, 2.75) is 78.3 Å². The minimum absolute atomic E-state index is 0.268. The molecule has 2 unspecified atom stereocenters. The normalized spacial score (nSPS) is 26.3. The summed E-state index contributed by atoms with van der Waals surface area (Å²) in [6, 6.07) is 9.71. The maximum atomic E-state index is 4.64. The van der Waals surface area contributed by atoms with Gasteiger partial charge >= 0.3 is 0 Å². The largest absolute Gasteiger partial charge is 0.362 e. The van der Waals surface area contributed by atoms with Crippen molar-refractivity contribution in [2.24, 2.45) is 11.3 Å². The van der Waals surface area contributed by atoms with Crippen LogP contribution in [0.4, 0.5) is 0 Å². The van der Waals surface area contributed by atoms with Gasteiger partial charge < -0.3 is 4.90 Å². The average molecular weight is 362 g/mol. The van der Waals surface area contributed by atoms with Gasteiger partial charge in [-0.2, -0.15) is 0 Å². The number of piperidine rings is 1. The lowest BCUT2D eigenvalue weighted by atomic mass is 9.72. The Hall–Kier alpha value is -1.76. The van der Waals surface area contributed by atoms with Crippen molar-refractivity contribution in [3.63, 3.8) is 0 Å². The molecule has 1 heterocycles. The topological polar surface area (TPSA) is 3.24 Å². The van der Waals surface area contributed by atoms with Crippen LogP contribution in [0.15, 0.2) is 59.8 Å². The van der Waals surface area contributed by atoms with Crippen molar-refractivity contribution in [1.82, 2.24) is 4.90 Å². The number of nitrogens with zero attached hydrogens (tertiary/aromatic N) is 1. The Morgan fingerprint density at radius 3 is 2.41 bits per heavy atom. The van der Waals surface area contributed by atoms with Crippen molar-refractivity contribution < 1.29 is 0 Å². The molecule has 1 aliphatic heterocycles. The van der Waals surface area contributed by atoms with Gasteiger partial charge in [-0.15, -0.1) is 0 Å². The monoisotopic (exact) mass is 361 g/mol. The Morgan fingerprint density at radius 1 is 1.15 bits per heavy atom. The van der Waals surface area contributed by atoms with E-state index in [1.165, 1.54) is 41.7 Å². The van der Waals surface area contributed by atoms with Gasteiger partial charge in [-0.05, 0) is 56.9 Å². The van der Waals surface area contributed by atoms with Gasteiger partial charge in [0.25, 0.3) is 0 Å². The SMILES string of the molecule is C=C(CC(C)(C)C)N1C(c2ccc(C)cc2)C2CC=C(C)C=C2CC12CC2. The van der Waals surface area contributed by atoms with Crippen LogP contribution < -0.4 is 0 Å². The third kappa shape index (κ3) is 3.53. The molecule has 144 valence electrons. The zero-order valence-electron chi connectivity index (χ0n) is 17.8. The number of fused-ring (bicyclic) bond motifs is 1. The summed E-state index contributed by atoms with van der Waals surface area (Å²) in [6.45, 7) is 16.1. The highest BCUT2D eigenvalue weighted by Crippen LogP contribution is 2.60. The van der Waals surface area contributed by atoms with Gasteiger partial charge in [0, 0.05) is 17.2 Å². The Kier molecular flexibility index (Phi) is 4.41. The first-order valence-corrected chi connectivity index (χ1v) is 10.6. The fourth-order valence-corrected chi connectivity index (χ4v) is 5.31. The van der Waals surface area contributed by atoms with Crippen LogP contribution in [0, 0.1) is 18.3 Å². The summed E-state index contributed by atoms with van der Waals surface area (Å²) in [7, 11) is 0. The van der Waals surface area contributed by atoms with E-state index in [1.807, 2.05) is 0 Å². The molecular formula is C26H35N. The summed E-state index contributed by atoms with van der Waals surface area (Å²) in [5, 5.41) is 0. The minimum atomic E-state index is 0.268. The molecule has 1 saturated heterocycles. The van der Waals surface area contributed by atoms with Crippen LogP contribution in [0.3, 0.4) is 0 Å². The Labute approximate surface area is 165 Å². The zero-order chi connectivity index (χ0) is 19.4. The molecule has 1 spiro atoms. The van der Waals surface area contributed by atoms with Gasteiger partial charge in [0.1, 0.15) is 0 Å². The van der Waals surface area contributed by atoms with Crippen molar-refractivity contribution in [3.8, 4) is 0 Å². The number of rotatable bonds is 3. The highest BCUT2D eigenvalue weighted by molar-refractivity contribution is 5.40. The molecule has 0 bridgehead atoms. The number of allylic oxidation sites excluding steroid dienone is 4. The number of hydrogen-bond acceptors (Lipinski definition) is 1. The summed E-state index contributed by atoms with van der Waals surface area (Å²) in [4.78, 5) is 2.78. The van der Waals surface area contributed by atoms with E-state index in [9.17, 15) is 0 Å². The molecule has 27 heavy (non-hydrogen) atoms. The molecule has 2 aliphatic carbocycles. The number of benzene rings is 1. The van der Waals surface area contributed by atoms with Gasteiger partial charge in [0.15, 0.2) is 0 Å². The van der Waals surface area contributed by atoms with E-state index in [0.29, 0.717) is 17.5 Å². The van der Waals surface area contributed by atoms with E-state index in [1.54, 1.807) is 5.57 Å². The first kappa shape index (κ1) is 18.6. The van der Waals surface area contributed by atoms with Crippen molar-refractivity contribution >= 4 is 0 Å². The first-order valence-electron chi connectivity index (χ1n) is 10.6. The molecule has 1 aromatic rings. The van der Waals surface area contributed by atoms with Crippen LogP contribution in [0.2, 0.25) is 0 Å². The standard InChI is InChI=1S/C26H35N/c1-18-7-10-21(11-8-18)24-23-12-9-19(2)15-22(23)17-26(13-14-26)27(24)20(3)16-25(4,5)6/h7-11,15,23-24H,3,12-14,16-17H2,1-2,4-6H3. The van der Waals surface area contributed by atoms with E-state index in [4.69, 9.17) is 0 Å². The lowest BCUT2D eigenvalue weighted by Crippen LogP contribution is -2.48. The van der Waals surface area contributed by atoms with Crippen LogP contribution in [0.5, 0.6) is 0 Å². The summed E-state index contributed by atoms with van der Waals surface area (Å²) in [6.07, 6.45) is 11.0. The zero-order valence-corrected chi connectivity index (χ0v) is 17.8. The number of aryl methyl sites for hydroxylation is 1. The Morgan fingerprint density at radius 2 is 1.81 bits per heavy atom.